The van der Waals surface area contributed by atoms with Crippen LogP contribution in [0.1, 0.15) is 0 Å². The molecule has 2 rings (SSSR count). The van der Waals surface area contributed by atoms with Crippen molar-refractivity contribution in [1.82, 2.24) is 0 Å². The number of nitrogens with one attached hydrogen (secondary N) is 1. The van der Waals surface area contributed by atoms with Gasteiger partial charge in [0.25, 0.3) is 10.0 Å². The highest BCUT2D eigenvalue weighted by Gasteiger charge is 2.32. The quantitative estimate of drug-likeness (QED) is 0.830. The number of halogens is 5. The van der Waals surface area contributed by atoms with Crippen LogP contribution in [0, 0.1) is 0 Å². The Morgan fingerprint density at radius 1 is 1.04 bits per heavy atom. The number of benzene rings is 2. The van der Waals surface area contributed by atoms with Crippen molar-refractivity contribution in [2.24, 2.45) is 0 Å². The van der Waals surface area contributed by atoms with Gasteiger partial charge in [0.1, 0.15) is 4.90 Å². The van der Waals surface area contributed by atoms with E-state index < -0.39 is 22.1 Å². The zero-order chi connectivity index (χ0) is 17.3. The van der Waals surface area contributed by atoms with Crippen molar-refractivity contribution < 1.29 is 26.3 Å². The average molecular weight is 386 g/mol. The molecule has 10 heteroatoms. The van der Waals surface area contributed by atoms with Gasteiger partial charge < -0.3 is 4.74 Å². The van der Waals surface area contributed by atoms with Crippen LogP contribution >= 0.6 is 23.2 Å². The lowest BCUT2D eigenvalue weighted by Gasteiger charge is -2.15. The van der Waals surface area contributed by atoms with Crippen molar-refractivity contribution >= 4 is 38.9 Å². The molecule has 0 saturated heterocycles. The fourth-order valence-corrected chi connectivity index (χ4v) is 3.50. The third-order valence-corrected chi connectivity index (χ3v) is 4.62. The van der Waals surface area contributed by atoms with E-state index in [4.69, 9.17) is 23.2 Å². The van der Waals surface area contributed by atoms with Crippen molar-refractivity contribution in [3.05, 3.63) is 52.5 Å². The van der Waals surface area contributed by atoms with Gasteiger partial charge in [0.2, 0.25) is 0 Å². The first kappa shape index (κ1) is 17.7. The number of anilines is 1. The first-order valence-electron chi connectivity index (χ1n) is 5.91. The number of hydrogen-bond donors (Lipinski definition) is 1. The number of ether oxygens (including phenoxy) is 1. The Labute approximate surface area is 139 Å². The highest BCUT2D eigenvalue weighted by molar-refractivity contribution is 7.92. The van der Waals surface area contributed by atoms with Gasteiger partial charge in [-0.25, -0.2) is 8.42 Å². The minimum atomic E-state index is -4.96. The minimum Gasteiger partial charge on any atom is -0.404 e. The van der Waals surface area contributed by atoms with Crippen molar-refractivity contribution in [3.8, 4) is 5.75 Å². The standard InChI is InChI=1S/C13H8Cl2F3NO3S/c14-8-5-6-12(9(15)7-8)23(20,21)19-10-3-1-2-4-11(10)22-13(16,17)18/h1-7,19H. The Morgan fingerprint density at radius 3 is 2.30 bits per heavy atom. The molecular weight excluding hydrogens is 378 g/mol. The molecule has 2 aromatic rings. The van der Waals surface area contributed by atoms with Gasteiger partial charge in [0.15, 0.2) is 5.75 Å². The summed E-state index contributed by atoms with van der Waals surface area (Å²) in [5, 5.41) is 0.0500. The molecule has 1 N–H and O–H groups in total. The van der Waals surface area contributed by atoms with Gasteiger partial charge >= 0.3 is 6.36 Å². The molecule has 0 atom stereocenters. The lowest BCUT2D eigenvalue weighted by Crippen LogP contribution is -2.20. The summed E-state index contributed by atoms with van der Waals surface area (Å²) in [6, 6.07) is 8.37. The lowest BCUT2D eigenvalue weighted by atomic mass is 10.3. The molecule has 0 spiro atoms. The van der Waals surface area contributed by atoms with E-state index in [1.54, 1.807) is 0 Å². The molecule has 0 aliphatic carbocycles. The Morgan fingerprint density at radius 2 is 1.70 bits per heavy atom. The Balaban J connectivity index is 2.38. The maximum absolute atomic E-state index is 12.4. The molecule has 2 aromatic carbocycles. The van der Waals surface area contributed by atoms with Crippen LogP contribution in [0.3, 0.4) is 0 Å². The number of alkyl halides is 3. The summed E-state index contributed by atoms with van der Waals surface area (Å²) >= 11 is 11.5. The van der Waals surface area contributed by atoms with Crippen LogP contribution in [-0.2, 0) is 10.0 Å². The molecule has 0 radical (unpaired) electrons. The topological polar surface area (TPSA) is 55.4 Å². The molecule has 0 heterocycles. The first-order chi connectivity index (χ1) is 10.6. The second kappa shape index (κ2) is 6.46. The van der Waals surface area contributed by atoms with Crippen LogP contribution in [0.2, 0.25) is 10.0 Å². The van der Waals surface area contributed by atoms with Crippen molar-refractivity contribution in [3.63, 3.8) is 0 Å². The number of para-hydroxylation sites is 2. The molecule has 0 aliphatic rings. The monoisotopic (exact) mass is 385 g/mol. The van der Waals surface area contributed by atoms with Gasteiger partial charge in [-0.2, -0.15) is 0 Å². The molecular formula is C13H8Cl2F3NO3S. The second-order valence-electron chi connectivity index (χ2n) is 4.22. The summed E-state index contributed by atoms with van der Waals surface area (Å²) in [4.78, 5) is -0.328. The third kappa shape index (κ3) is 4.66. The van der Waals surface area contributed by atoms with Crippen LogP contribution < -0.4 is 9.46 Å². The number of rotatable bonds is 4. The molecule has 0 aromatic heterocycles. The second-order valence-corrected chi connectivity index (χ2v) is 6.72. The highest BCUT2D eigenvalue weighted by Crippen LogP contribution is 2.33. The van der Waals surface area contributed by atoms with Gasteiger partial charge in [-0.3, -0.25) is 4.72 Å². The highest BCUT2D eigenvalue weighted by atomic mass is 35.5. The maximum atomic E-state index is 12.4. The molecule has 4 nitrogen and oxygen atoms in total. The summed E-state index contributed by atoms with van der Waals surface area (Å²) in [7, 11) is -4.23. The molecule has 0 amide bonds. The Hall–Kier alpha value is -1.64. The van der Waals surface area contributed by atoms with Crippen LogP contribution in [-0.4, -0.2) is 14.8 Å². The normalized spacial score (nSPS) is 12.0. The van der Waals surface area contributed by atoms with Crippen molar-refractivity contribution in [2.75, 3.05) is 4.72 Å². The Bertz CT molecular complexity index is 825. The fourth-order valence-electron chi connectivity index (χ4n) is 1.66. The lowest BCUT2D eigenvalue weighted by molar-refractivity contribution is -0.274. The summed E-state index contributed by atoms with van der Waals surface area (Å²) in [5.41, 5.74) is -0.379. The van der Waals surface area contributed by atoms with Crippen LogP contribution in [0.15, 0.2) is 47.4 Å². The van der Waals surface area contributed by atoms with Crippen molar-refractivity contribution in [1.29, 1.82) is 0 Å². The third-order valence-electron chi connectivity index (χ3n) is 2.54. The van der Waals surface area contributed by atoms with Crippen LogP contribution in [0.5, 0.6) is 5.75 Å². The van der Waals surface area contributed by atoms with E-state index >= 15 is 0 Å². The van der Waals surface area contributed by atoms with Gasteiger partial charge in [-0.05, 0) is 30.3 Å². The summed E-state index contributed by atoms with van der Waals surface area (Å²) in [6.07, 6.45) is -4.96. The molecule has 0 saturated carbocycles. The fraction of sp³-hybridized carbons (Fsp3) is 0.0769. The molecule has 0 fully saturated rings. The van der Waals surface area contributed by atoms with Gasteiger partial charge in [-0.1, -0.05) is 35.3 Å². The first-order valence-corrected chi connectivity index (χ1v) is 8.15. The predicted molar refractivity (Wildman–Crippen MR) is 80.4 cm³/mol. The van der Waals surface area contributed by atoms with E-state index in [0.717, 1.165) is 18.2 Å². The average Bonchev–Trinajstić information content (AvgIpc) is 2.38. The van der Waals surface area contributed by atoms with E-state index in [1.165, 1.54) is 24.3 Å². The van der Waals surface area contributed by atoms with Gasteiger partial charge in [0.05, 0.1) is 10.7 Å². The van der Waals surface area contributed by atoms with Crippen molar-refractivity contribution in [2.45, 2.75) is 11.3 Å². The summed E-state index contributed by atoms with van der Waals surface area (Å²) < 4.78 is 67.4. The number of sulfonamides is 1. The molecule has 0 bridgehead atoms. The zero-order valence-corrected chi connectivity index (χ0v) is 13.4. The largest absolute Gasteiger partial charge is 0.573 e. The van der Waals surface area contributed by atoms with Crippen LogP contribution in [0.4, 0.5) is 18.9 Å². The SMILES string of the molecule is O=S(=O)(Nc1ccccc1OC(F)(F)F)c1ccc(Cl)cc1Cl. The van der Waals surface area contributed by atoms with E-state index in [0.29, 0.717) is 0 Å². The van der Waals surface area contributed by atoms with E-state index in [2.05, 4.69) is 4.74 Å². The van der Waals surface area contributed by atoms with Crippen LogP contribution in [0.25, 0.3) is 0 Å². The van der Waals surface area contributed by atoms with Gasteiger partial charge in [-0.15, -0.1) is 13.2 Å². The molecule has 0 aliphatic heterocycles. The predicted octanol–water partition coefficient (Wildman–Crippen LogP) is 4.69. The van der Waals surface area contributed by atoms with E-state index in [9.17, 15) is 21.6 Å². The smallest absolute Gasteiger partial charge is 0.404 e. The minimum absolute atomic E-state index is 0.167. The zero-order valence-electron chi connectivity index (χ0n) is 11.1. The number of hydrogen-bond acceptors (Lipinski definition) is 3. The molecule has 124 valence electrons. The molecule has 0 unspecified atom stereocenters. The van der Waals surface area contributed by atoms with Gasteiger partial charge in [0, 0.05) is 5.02 Å². The summed E-state index contributed by atoms with van der Waals surface area (Å²) in [6.45, 7) is 0. The van der Waals surface area contributed by atoms with E-state index in [-0.39, 0.29) is 20.6 Å². The Kier molecular flexibility index (Phi) is 4.98. The molecule has 23 heavy (non-hydrogen) atoms. The maximum Gasteiger partial charge on any atom is 0.573 e. The summed E-state index contributed by atoms with van der Waals surface area (Å²) in [5.74, 6) is -0.686. The van der Waals surface area contributed by atoms with E-state index in [1.807, 2.05) is 4.72 Å².